The minimum absolute atomic E-state index is 0.0217. The van der Waals surface area contributed by atoms with Gasteiger partial charge in [-0.25, -0.2) is 4.98 Å². The van der Waals surface area contributed by atoms with Gasteiger partial charge in [0.2, 0.25) is 0 Å². The first-order valence-electron chi connectivity index (χ1n) is 6.03. The van der Waals surface area contributed by atoms with Crippen molar-refractivity contribution in [2.24, 2.45) is 0 Å². The quantitative estimate of drug-likeness (QED) is 0.811. The Labute approximate surface area is 118 Å². The number of aromatic nitrogens is 2. The highest BCUT2D eigenvalue weighted by molar-refractivity contribution is 6.16. The van der Waals surface area contributed by atoms with Gasteiger partial charge in [0.05, 0.1) is 16.8 Å². The van der Waals surface area contributed by atoms with Gasteiger partial charge >= 0.3 is 6.18 Å². The maximum Gasteiger partial charge on any atom is 0.389 e. The number of rotatable bonds is 4. The van der Waals surface area contributed by atoms with E-state index < -0.39 is 12.6 Å². The number of hydrogen-bond acceptors (Lipinski definition) is 2. The van der Waals surface area contributed by atoms with Crippen LogP contribution in [0.25, 0.3) is 10.9 Å². The molecule has 0 saturated carbocycles. The fraction of sp³-hybridized carbons (Fsp3) is 0.385. The van der Waals surface area contributed by atoms with Gasteiger partial charge in [0, 0.05) is 13.0 Å². The predicted octanol–water partition coefficient (Wildman–Crippen LogP) is 3.48. The lowest BCUT2D eigenvalue weighted by Crippen LogP contribution is -2.25. The van der Waals surface area contributed by atoms with Crippen molar-refractivity contribution in [2.75, 3.05) is 0 Å². The highest BCUT2D eigenvalue weighted by atomic mass is 35.5. The molecule has 108 valence electrons. The first kappa shape index (κ1) is 14.8. The van der Waals surface area contributed by atoms with Crippen LogP contribution in [0.15, 0.2) is 29.1 Å². The van der Waals surface area contributed by atoms with Crippen LogP contribution >= 0.6 is 11.6 Å². The minimum Gasteiger partial charge on any atom is -0.295 e. The largest absolute Gasteiger partial charge is 0.389 e. The van der Waals surface area contributed by atoms with Crippen LogP contribution < -0.4 is 5.56 Å². The summed E-state index contributed by atoms with van der Waals surface area (Å²) in [5.74, 6) is 0.268. The molecule has 20 heavy (non-hydrogen) atoms. The maximum absolute atomic E-state index is 12.2. The van der Waals surface area contributed by atoms with Crippen LogP contribution in [0.1, 0.15) is 18.7 Å². The van der Waals surface area contributed by atoms with Crippen molar-refractivity contribution in [3.05, 3.63) is 40.4 Å². The van der Waals surface area contributed by atoms with Gasteiger partial charge in [0.15, 0.2) is 0 Å². The maximum atomic E-state index is 12.2. The third-order valence-corrected chi connectivity index (χ3v) is 3.14. The van der Waals surface area contributed by atoms with Gasteiger partial charge in [-0.2, -0.15) is 13.2 Å². The fourth-order valence-corrected chi connectivity index (χ4v) is 2.19. The molecule has 0 aliphatic rings. The normalized spacial score (nSPS) is 12.0. The van der Waals surface area contributed by atoms with Crippen molar-refractivity contribution in [1.29, 1.82) is 0 Å². The van der Waals surface area contributed by atoms with Gasteiger partial charge in [-0.1, -0.05) is 12.1 Å². The number of benzene rings is 1. The summed E-state index contributed by atoms with van der Waals surface area (Å²) in [5.41, 5.74) is 0.147. The number of alkyl halides is 4. The molecule has 0 N–H and O–H groups in total. The summed E-state index contributed by atoms with van der Waals surface area (Å²) in [5, 5.41) is 0.383. The summed E-state index contributed by atoms with van der Waals surface area (Å²) in [6.07, 6.45) is -5.34. The second-order valence-corrected chi connectivity index (χ2v) is 4.62. The Balaban J connectivity index is 2.36. The van der Waals surface area contributed by atoms with E-state index in [1.165, 1.54) is 4.57 Å². The van der Waals surface area contributed by atoms with Crippen LogP contribution in [0.5, 0.6) is 0 Å². The molecule has 0 spiro atoms. The van der Waals surface area contributed by atoms with Gasteiger partial charge in [-0.3, -0.25) is 9.36 Å². The van der Waals surface area contributed by atoms with Gasteiger partial charge in [-0.05, 0) is 18.6 Å². The highest BCUT2D eigenvalue weighted by Gasteiger charge is 2.26. The van der Waals surface area contributed by atoms with E-state index in [1.54, 1.807) is 24.3 Å². The van der Waals surface area contributed by atoms with Gasteiger partial charge in [0.25, 0.3) is 5.56 Å². The Morgan fingerprint density at radius 3 is 2.60 bits per heavy atom. The average Bonchev–Trinajstić information content (AvgIpc) is 2.40. The van der Waals surface area contributed by atoms with Crippen molar-refractivity contribution >= 4 is 22.5 Å². The fourth-order valence-electron chi connectivity index (χ4n) is 1.98. The smallest absolute Gasteiger partial charge is 0.295 e. The molecule has 2 aromatic rings. The Bertz CT molecular complexity index is 667. The van der Waals surface area contributed by atoms with E-state index >= 15 is 0 Å². The van der Waals surface area contributed by atoms with Gasteiger partial charge < -0.3 is 0 Å². The highest BCUT2D eigenvalue weighted by Crippen LogP contribution is 2.21. The second kappa shape index (κ2) is 5.83. The molecule has 7 heteroatoms. The third-order valence-electron chi connectivity index (χ3n) is 2.90. The topological polar surface area (TPSA) is 34.9 Å². The van der Waals surface area contributed by atoms with Crippen LogP contribution in [0.3, 0.4) is 0 Å². The minimum atomic E-state index is -4.23. The van der Waals surface area contributed by atoms with E-state index in [2.05, 4.69) is 4.98 Å². The molecule has 1 aromatic heterocycles. The summed E-state index contributed by atoms with van der Waals surface area (Å²) in [6.45, 7) is -0.0434. The van der Waals surface area contributed by atoms with Crippen LogP contribution in [0.4, 0.5) is 13.2 Å². The van der Waals surface area contributed by atoms with Gasteiger partial charge in [-0.15, -0.1) is 11.6 Å². The average molecular weight is 305 g/mol. The molecule has 1 aromatic carbocycles. The molecule has 3 nitrogen and oxygen atoms in total. The monoisotopic (exact) mass is 304 g/mol. The first-order valence-corrected chi connectivity index (χ1v) is 6.57. The van der Waals surface area contributed by atoms with Crippen molar-refractivity contribution in [3.8, 4) is 0 Å². The number of nitrogens with zero attached hydrogens (tertiary/aromatic N) is 2. The molecule has 0 aliphatic carbocycles. The van der Waals surface area contributed by atoms with E-state index in [0.29, 0.717) is 10.9 Å². The zero-order chi connectivity index (χ0) is 14.8. The van der Waals surface area contributed by atoms with Crippen molar-refractivity contribution < 1.29 is 13.2 Å². The van der Waals surface area contributed by atoms with E-state index in [0.717, 1.165) is 0 Å². The number of para-hydroxylation sites is 1. The molecule has 0 amide bonds. The second-order valence-electron chi connectivity index (χ2n) is 4.35. The summed E-state index contributed by atoms with van der Waals surface area (Å²) >= 11 is 5.73. The lowest BCUT2D eigenvalue weighted by molar-refractivity contribution is -0.135. The molecular weight excluding hydrogens is 293 g/mol. The Morgan fingerprint density at radius 2 is 1.95 bits per heavy atom. The lowest BCUT2D eigenvalue weighted by atomic mass is 10.2. The van der Waals surface area contributed by atoms with Crippen LogP contribution in [-0.2, 0) is 12.4 Å². The standard InChI is InChI=1S/C13H12ClF3N2O/c14-8-11-18-10-5-2-1-4-9(10)12(20)19(11)7-3-6-13(15,16)17/h1-2,4-5H,3,6-8H2. The predicted molar refractivity (Wildman–Crippen MR) is 70.8 cm³/mol. The number of fused-ring (bicyclic) bond motifs is 1. The Hall–Kier alpha value is -1.56. The SMILES string of the molecule is O=c1c2ccccc2nc(CCl)n1CCCC(F)(F)F. The number of halogens is 4. The summed E-state index contributed by atoms with van der Waals surface area (Å²) in [7, 11) is 0. The van der Waals surface area contributed by atoms with Gasteiger partial charge in [0.1, 0.15) is 5.82 Å². The first-order chi connectivity index (χ1) is 9.42. The number of hydrogen-bond donors (Lipinski definition) is 0. The molecule has 0 aliphatic heterocycles. The summed E-state index contributed by atoms with van der Waals surface area (Å²) in [6, 6.07) is 6.70. The van der Waals surface area contributed by atoms with Crippen LogP contribution in [-0.4, -0.2) is 15.7 Å². The van der Waals surface area contributed by atoms with Crippen LogP contribution in [0.2, 0.25) is 0 Å². The molecule has 0 bridgehead atoms. The molecule has 0 unspecified atom stereocenters. The zero-order valence-electron chi connectivity index (χ0n) is 10.5. The lowest BCUT2D eigenvalue weighted by Gasteiger charge is -2.12. The molecule has 0 saturated heterocycles. The molecule has 2 rings (SSSR count). The Kier molecular flexibility index (Phi) is 4.32. The molecule has 0 fully saturated rings. The van der Waals surface area contributed by atoms with E-state index in [-0.39, 0.29) is 30.2 Å². The summed E-state index contributed by atoms with van der Waals surface area (Å²) < 4.78 is 37.7. The van der Waals surface area contributed by atoms with Crippen molar-refractivity contribution in [1.82, 2.24) is 9.55 Å². The van der Waals surface area contributed by atoms with E-state index in [1.807, 2.05) is 0 Å². The van der Waals surface area contributed by atoms with Crippen molar-refractivity contribution in [3.63, 3.8) is 0 Å². The molecule has 0 atom stereocenters. The molecular formula is C13H12ClF3N2O. The third kappa shape index (κ3) is 3.30. The van der Waals surface area contributed by atoms with Crippen LogP contribution in [0, 0.1) is 0 Å². The zero-order valence-corrected chi connectivity index (χ0v) is 11.2. The summed E-state index contributed by atoms with van der Waals surface area (Å²) in [4.78, 5) is 16.5. The molecule has 0 radical (unpaired) electrons. The molecule has 1 heterocycles. The van der Waals surface area contributed by atoms with Crippen molar-refractivity contribution in [2.45, 2.75) is 31.4 Å². The Morgan fingerprint density at radius 1 is 1.25 bits per heavy atom. The van der Waals surface area contributed by atoms with E-state index in [4.69, 9.17) is 11.6 Å². The van der Waals surface area contributed by atoms with E-state index in [9.17, 15) is 18.0 Å².